The fourth-order valence-electron chi connectivity index (χ4n) is 2.14. The monoisotopic (exact) mass is 245 g/mol. The van der Waals surface area contributed by atoms with Gasteiger partial charge >= 0.3 is 0 Å². The minimum Gasteiger partial charge on any atom is -0.326 e. The van der Waals surface area contributed by atoms with Crippen LogP contribution in [-0.2, 0) is 11.2 Å². The molecule has 0 radical (unpaired) electrons. The molecular weight excluding hydrogens is 226 g/mol. The van der Waals surface area contributed by atoms with E-state index in [1.165, 1.54) is 0 Å². The van der Waals surface area contributed by atoms with Crippen LogP contribution in [0.1, 0.15) is 49.0 Å². The summed E-state index contributed by atoms with van der Waals surface area (Å²) in [5.74, 6) is 0.679. The third-order valence-electron chi connectivity index (χ3n) is 3.55. The third kappa shape index (κ3) is 2.78. The molecule has 0 saturated heterocycles. The van der Waals surface area contributed by atoms with Crippen LogP contribution >= 0.6 is 0 Å². The molecule has 0 aromatic heterocycles. The van der Waals surface area contributed by atoms with Gasteiger partial charge in [-0.1, -0.05) is 20.3 Å². The molecule has 2 rings (SSSR count). The summed E-state index contributed by atoms with van der Waals surface area (Å²) in [5, 5.41) is 2.83. The van der Waals surface area contributed by atoms with E-state index in [9.17, 15) is 9.59 Å². The van der Waals surface area contributed by atoms with Crippen LogP contribution in [0.5, 0.6) is 0 Å². The Hall–Kier alpha value is -1.64. The smallest absolute Gasteiger partial charge is 0.224 e. The lowest BCUT2D eigenvalue weighted by molar-refractivity contribution is -0.116. The van der Waals surface area contributed by atoms with Crippen LogP contribution < -0.4 is 5.32 Å². The fraction of sp³-hybridized carbons (Fsp3) is 0.467. The molecule has 1 amide bonds. The molecular formula is C15H19NO2. The molecule has 1 aliphatic rings. The van der Waals surface area contributed by atoms with Crippen LogP contribution in [0.3, 0.4) is 0 Å². The summed E-state index contributed by atoms with van der Waals surface area (Å²) in [6.07, 6.45) is 2.86. The number of ketones is 1. The Morgan fingerprint density at radius 1 is 1.39 bits per heavy atom. The highest BCUT2D eigenvalue weighted by molar-refractivity contribution is 5.99. The molecule has 1 unspecified atom stereocenters. The van der Waals surface area contributed by atoms with Crippen LogP contribution in [0.4, 0.5) is 5.69 Å². The Morgan fingerprint density at radius 3 is 2.89 bits per heavy atom. The SMILES string of the molecule is CCC(C)CC(=O)c1ccc2c(c1)CCC(=O)N2. The predicted octanol–water partition coefficient (Wildman–Crippen LogP) is 3.19. The summed E-state index contributed by atoms with van der Waals surface area (Å²) in [4.78, 5) is 23.3. The van der Waals surface area contributed by atoms with Crippen molar-refractivity contribution in [2.75, 3.05) is 5.32 Å². The van der Waals surface area contributed by atoms with Gasteiger partial charge in [-0.15, -0.1) is 0 Å². The van der Waals surface area contributed by atoms with E-state index in [1.807, 2.05) is 18.2 Å². The van der Waals surface area contributed by atoms with E-state index in [1.54, 1.807) is 0 Å². The van der Waals surface area contributed by atoms with Gasteiger partial charge in [0.2, 0.25) is 5.91 Å². The van der Waals surface area contributed by atoms with Crippen molar-refractivity contribution in [1.29, 1.82) is 0 Å². The number of fused-ring (bicyclic) bond motifs is 1. The average molecular weight is 245 g/mol. The van der Waals surface area contributed by atoms with Crippen molar-refractivity contribution in [3.63, 3.8) is 0 Å². The number of hydrogen-bond donors (Lipinski definition) is 1. The van der Waals surface area contributed by atoms with Crippen molar-refractivity contribution >= 4 is 17.4 Å². The molecule has 96 valence electrons. The van der Waals surface area contributed by atoms with Crippen LogP contribution in [-0.4, -0.2) is 11.7 Å². The molecule has 0 spiro atoms. The molecule has 3 nitrogen and oxygen atoms in total. The van der Waals surface area contributed by atoms with Crippen molar-refractivity contribution < 1.29 is 9.59 Å². The van der Waals surface area contributed by atoms with Gasteiger partial charge in [0.1, 0.15) is 0 Å². The van der Waals surface area contributed by atoms with Crippen LogP contribution in [0.25, 0.3) is 0 Å². The van der Waals surface area contributed by atoms with Gasteiger partial charge in [0.05, 0.1) is 0 Å². The van der Waals surface area contributed by atoms with Crippen molar-refractivity contribution in [2.24, 2.45) is 5.92 Å². The number of Topliss-reactive ketones (excluding diaryl/α,β-unsaturated/α-hetero) is 1. The van der Waals surface area contributed by atoms with Crippen molar-refractivity contribution in [3.8, 4) is 0 Å². The van der Waals surface area contributed by atoms with E-state index in [2.05, 4.69) is 19.2 Å². The number of nitrogens with one attached hydrogen (secondary N) is 1. The quantitative estimate of drug-likeness (QED) is 0.828. The van der Waals surface area contributed by atoms with Crippen LogP contribution in [0.2, 0.25) is 0 Å². The maximum atomic E-state index is 12.1. The summed E-state index contributed by atoms with van der Waals surface area (Å²) >= 11 is 0. The standard InChI is InChI=1S/C15H19NO2/c1-3-10(2)8-14(17)12-4-6-13-11(9-12)5-7-15(18)16-13/h4,6,9-10H,3,5,7-8H2,1-2H3,(H,16,18). The van der Waals surface area contributed by atoms with Crippen molar-refractivity contribution in [3.05, 3.63) is 29.3 Å². The molecule has 0 aliphatic carbocycles. The Kier molecular flexibility index (Phi) is 3.80. The third-order valence-corrected chi connectivity index (χ3v) is 3.55. The number of anilines is 1. The minimum absolute atomic E-state index is 0.0566. The number of rotatable bonds is 4. The van der Waals surface area contributed by atoms with Crippen LogP contribution in [0.15, 0.2) is 18.2 Å². The molecule has 1 aromatic carbocycles. The molecule has 1 heterocycles. The van der Waals surface area contributed by atoms with E-state index in [0.29, 0.717) is 18.8 Å². The molecule has 1 atom stereocenters. The lowest BCUT2D eigenvalue weighted by atomic mass is 9.94. The topological polar surface area (TPSA) is 46.2 Å². The number of amides is 1. The number of benzene rings is 1. The van der Waals surface area contributed by atoms with Crippen molar-refractivity contribution in [1.82, 2.24) is 0 Å². The first kappa shape index (κ1) is 12.8. The van der Waals surface area contributed by atoms with E-state index < -0.39 is 0 Å². The molecule has 3 heteroatoms. The van der Waals surface area contributed by atoms with Gasteiger partial charge in [-0.05, 0) is 36.1 Å². The molecule has 0 fully saturated rings. The summed E-state index contributed by atoms with van der Waals surface area (Å²) in [7, 11) is 0. The van der Waals surface area contributed by atoms with Gasteiger partial charge in [-0.25, -0.2) is 0 Å². The first-order chi connectivity index (χ1) is 8.60. The summed E-state index contributed by atoms with van der Waals surface area (Å²) in [6.45, 7) is 4.19. The Labute approximate surface area is 108 Å². The predicted molar refractivity (Wildman–Crippen MR) is 71.8 cm³/mol. The number of carbonyl (C=O) groups excluding carboxylic acids is 2. The second-order valence-corrected chi connectivity index (χ2v) is 5.06. The Bertz CT molecular complexity index is 479. The van der Waals surface area contributed by atoms with Gasteiger partial charge in [0, 0.05) is 24.1 Å². The molecule has 1 aliphatic heterocycles. The lowest BCUT2D eigenvalue weighted by Gasteiger charge is -2.17. The van der Waals surface area contributed by atoms with E-state index >= 15 is 0 Å². The minimum atomic E-state index is 0.0566. The Morgan fingerprint density at radius 2 is 2.17 bits per heavy atom. The summed E-state index contributed by atoms with van der Waals surface area (Å²) < 4.78 is 0. The van der Waals surface area contributed by atoms with Gasteiger partial charge < -0.3 is 5.32 Å². The number of carbonyl (C=O) groups is 2. The molecule has 1 N–H and O–H groups in total. The second kappa shape index (κ2) is 5.34. The lowest BCUT2D eigenvalue weighted by Crippen LogP contribution is -2.19. The highest BCUT2D eigenvalue weighted by atomic mass is 16.1. The highest BCUT2D eigenvalue weighted by Gasteiger charge is 2.17. The largest absolute Gasteiger partial charge is 0.326 e. The maximum absolute atomic E-state index is 12.1. The summed E-state index contributed by atoms with van der Waals surface area (Å²) in [5.41, 5.74) is 2.70. The van der Waals surface area contributed by atoms with Gasteiger partial charge in [-0.3, -0.25) is 9.59 Å². The van der Waals surface area contributed by atoms with Gasteiger partial charge in [-0.2, -0.15) is 0 Å². The summed E-state index contributed by atoms with van der Waals surface area (Å²) in [6, 6.07) is 5.59. The van der Waals surface area contributed by atoms with Crippen LogP contribution in [0, 0.1) is 5.92 Å². The zero-order chi connectivity index (χ0) is 13.1. The van der Waals surface area contributed by atoms with Crippen molar-refractivity contribution in [2.45, 2.75) is 39.5 Å². The Balaban J connectivity index is 2.16. The number of aryl methyl sites for hydroxylation is 1. The first-order valence-corrected chi connectivity index (χ1v) is 6.56. The van der Waals surface area contributed by atoms with Gasteiger partial charge in [0.15, 0.2) is 5.78 Å². The molecule has 1 aromatic rings. The second-order valence-electron chi connectivity index (χ2n) is 5.06. The van der Waals surface area contributed by atoms with E-state index in [4.69, 9.17) is 0 Å². The highest BCUT2D eigenvalue weighted by Crippen LogP contribution is 2.24. The normalized spacial score (nSPS) is 15.8. The molecule has 0 saturated carbocycles. The zero-order valence-electron chi connectivity index (χ0n) is 11.0. The average Bonchev–Trinajstić information content (AvgIpc) is 2.37. The fourth-order valence-corrected chi connectivity index (χ4v) is 2.14. The van der Waals surface area contributed by atoms with Gasteiger partial charge in [0.25, 0.3) is 0 Å². The zero-order valence-corrected chi connectivity index (χ0v) is 11.0. The van der Waals surface area contributed by atoms with E-state index in [-0.39, 0.29) is 11.7 Å². The maximum Gasteiger partial charge on any atom is 0.224 e. The van der Waals surface area contributed by atoms with E-state index in [0.717, 1.165) is 29.7 Å². The molecule has 18 heavy (non-hydrogen) atoms. The number of hydrogen-bond acceptors (Lipinski definition) is 2. The molecule has 0 bridgehead atoms. The first-order valence-electron chi connectivity index (χ1n) is 6.56.